The van der Waals surface area contributed by atoms with Crippen LogP contribution in [-0.4, -0.2) is 38.7 Å². The van der Waals surface area contributed by atoms with E-state index in [0.717, 1.165) is 72.2 Å². The molecule has 1 aliphatic heterocycles. The van der Waals surface area contributed by atoms with E-state index in [9.17, 15) is 4.79 Å². The Morgan fingerprint density at radius 2 is 2.16 bits per heavy atom. The molecule has 1 amide bonds. The van der Waals surface area contributed by atoms with Crippen molar-refractivity contribution in [2.75, 3.05) is 22.1 Å². The van der Waals surface area contributed by atoms with Gasteiger partial charge < -0.3 is 15.5 Å². The molecule has 4 heterocycles. The minimum absolute atomic E-state index is 0.0477. The Hall–Kier alpha value is -2.65. The number of amides is 1. The van der Waals surface area contributed by atoms with Gasteiger partial charge in [0.05, 0.1) is 15.0 Å². The summed E-state index contributed by atoms with van der Waals surface area (Å²) in [5, 5.41) is 14.6. The molecule has 1 saturated heterocycles. The van der Waals surface area contributed by atoms with Crippen LogP contribution in [0.5, 0.6) is 0 Å². The Morgan fingerprint density at radius 1 is 1.28 bits per heavy atom. The Morgan fingerprint density at radius 3 is 2.91 bits per heavy atom. The second-order valence-corrected chi connectivity index (χ2v) is 10.3. The number of hydrogen-bond acceptors (Lipinski definition) is 7. The molecule has 10 heteroatoms. The van der Waals surface area contributed by atoms with Crippen molar-refractivity contribution < 1.29 is 4.79 Å². The summed E-state index contributed by atoms with van der Waals surface area (Å²) in [7, 11) is 0. The second-order valence-electron chi connectivity index (χ2n) is 8.58. The van der Waals surface area contributed by atoms with E-state index >= 15 is 0 Å². The van der Waals surface area contributed by atoms with Crippen molar-refractivity contribution in [3.63, 3.8) is 0 Å². The summed E-state index contributed by atoms with van der Waals surface area (Å²) < 4.78 is 0.653. The summed E-state index contributed by atoms with van der Waals surface area (Å²) in [6.45, 7) is 5.00. The van der Waals surface area contributed by atoms with Crippen molar-refractivity contribution in [2.45, 2.75) is 57.9 Å². The van der Waals surface area contributed by atoms with Gasteiger partial charge in [-0.3, -0.25) is 9.89 Å². The maximum absolute atomic E-state index is 13.0. The van der Waals surface area contributed by atoms with Gasteiger partial charge in [0, 0.05) is 23.9 Å². The molecule has 1 atom stereocenters. The quantitative estimate of drug-likeness (QED) is 0.474. The molecule has 8 nitrogen and oxygen atoms in total. The Kier molecular flexibility index (Phi) is 5.77. The maximum Gasteiger partial charge on any atom is 0.247 e. The highest BCUT2D eigenvalue weighted by atomic mass is 35.5. The highest BCUT2D eigenvalue weighted by Gasteiger charge is 2.34. The van der Waals surface area contributed by atoms with Crippen molar-refractivity contribution >= 4 is 51.4 Å². The molecule has 3 N–H and O–H groups in total. The molecule has 3 aromatic heterocycles. The Bertz CT molecular complexity index is 1140. The highest BCUT2D eigenvalue weighted by molar-refractivity contribution is 7.20. The van der Waals surface area contributed by atoms with Crippen LogP contribution in [0.1, 0.15) is 56.0 Å². The van der Waals surface area contributed by atoms with E-state index in [4.69, 9.17) is 21.6 Å². The van der Waals surface area contributed by atoms with Gasteiger partial charge in [0.2, 0.25) is 11.9 Å². The largest absolute Gasteiger partial charge is 0.329 e. The van der Waals surface area contributed by atoms with Crippen molar-refractivity contribution in [3.8, 4) is 0 Å². The van der Waals surface area contributed by atoms with E-state index < -0.39 is 0 Å². The number of rotatable bonds is 6. The summed E-state index contributed by atoms with van der Waals surface area (Å²) in [5.41, 5.74) is 3.29. The smallest absolute Gasteiger partial charge is 0.247 e. The molecule has 0 unspecified atom stereocenters. The van der Waals surface area contributed by atoms with Crippen LogP contribution >= 0.6 is 22.9 Å². The number of fused-ring (bicyclic) bond motifs is 1. The Balaban J connectivity index is 1.41. The van der Waals surface area contributed by atoms with Crippen LogP contribution in [0.2, 0.25) is 4.34 Å². The highest BCUT2D eigenvalue weighted by Crippen LogP contribution is 2.33. The van der Waals surface area contributed by atoms with Crippen LogP contribution in [0.25, 0.3) is 0 Å². The summed E-state index contributed by atoms with van der Waals surface area (Å²) in [6.07, 6.45) is 4.62. The van der Waals surface area contributed by atoms with Crippen molar-refractivity contribution in [1.82, 2.24) is 20.2 Å². The van der Waals surface area contributed by atoms with Gasteiger partial charge in [-0.2, -0.15) is 10.1 Å². The molecular weight excluding hydrogens is 446 g/mol. The van der Waals surface area contributed by atoms with Crippen molar-refractivity contribution in [2.24, 2.45) is 0 Å². The summed E-state index contributed by atoms with van der Waals surface area (Å²) >= 11 is 7.37. The SMILES string of the molecule is CC(C)c1cc(Nc2nc(N3CCC[C@H]3C(=O)Nc3ccc(Cl)s3)nc3c2CCC3)n[nH]1. The predicted octanol–water partition coefficient (Wildman–Crippen LogP) is 4.88. The topological polar surface area (TPSA) is 98.8 Å². The van der Waals surface area contributed by atoms with Crippen LogP contribution in [0.3, 0.4) is 0 Å². The minimum Gasteiger partial charge on any atom is -0.329 e. The van der Waals surface area contributed by atoms with Crippen LogP contribution in [0, 0.1) is 0 Å². The lowest BCUT2D eigenvalue weighted by Gasteiger charge is -2.25. The average Bonchev–Trinajstić information content (AvgIpc) is 3.54. The lowest BCUT2D eigenvalue weighted by Crippen LogP contribution is -2.40. The van der Waals surface area contributed by atoms with Gasteiger partial charge in [-0.15, -0.1) is 11.3 Å². The first-order valence-corrected chi connectivity index (χ1v) is 12.2. The fraction of sp³-hybridized carbons (Fsp3) is 0.455. The third kappa shape index (κ3) is 4.19. The first-order valence-electron chi connectivity index (χ1n) is 11.0. The van der Waals surface area contributed by atoms with Gasteiger partial charge in [-0.1, -0.05) is 25.4 Å². The van der Waals surface area contributed by atoms with Gasteiger partial charge in [0.15, 0.2) is 5.82 Å². The molecule has 1 fully saturated rings. The minimum atomic E-state index is -0.305. The summed E-state index contributed by atoms with van der Waals surface area (Å²) in [6, 6.07) is 5.33. The van der Waals surface area contributed by atoms with E-state index in [-0.39, 0.29) is 11.9 Å². The molecule has 0 aromatic carbocycles. The second kappa shape index (κ2) is 8.71. The number of hydrogen-bond donors (Lipinski definition) is 3. The molecule has 5 rings (SSSR count). The zero-order valence-electron chi connectivity index (χ0n) is 18.1. The number of nitrogens with one attached hydrogen (secondary N) is 3. The first-order chi connectivity index (χ1) is 15.5. The number of thiophene rings is 1. The predicted molar refractivity (Wildman–Crippen MR) is 128 cm³/mol. The number of aryl methyl sites for hydroxylation is 1. The van der Waals surface area contributed by atoms with E-state index in [0.29, 0.717) is 16.2 Å². The molecule has 0 spiro atoms. The maximum atomic E-state index is 13.0. The molecular formula is C22H26ClN7OS. The normalized spacial score (nSPS) is 17.8. The van der Waals surface area contributed by atoms with Gasteiger partial charge in [0.25, 0.3) is 0 Å². The number of aromatic nitrogens is 4. The van der Waals surface area contributed by atoms with E-state index in [2.05, 4.69) is 34.7 Å². The van der Waals surface area contributed by atoms with Gasteiger partial charge >= 0.3 is 0 Å². The molecule has 168 valence electrons. The molecule has 0 saturated carbocycles. The lowest BCUT2D eigenvalue weighted by molar-refractivity contribution is -0.117. The molecule has 2 aliphatic rings. The summed E-state index contributed by atoms with van der Waals surface area (Å²) in [4.78, 5) is 24.8. The van der Waals surface area contributed by atoms with Gasteiger partial charge in [-0.25, -0.2) is 4.98 Å². The number of H-pyrrole nitrogens is 1. The van der Waals surface area contributed by atoms with Crippen LogP contribution < -0.4 is 15.5 Å². The van der Waals surface area contributed by atoms with Crippen molar-refractivity contribution in [1.29, 1.82) is 0 Å². The summed E-state index contributed by atoms with van der Waals surface area (Å²) in [5.74, 6) is 2.47. The number of anilines is 4. The zero-order chi connectivity index (χ0) is 22.2. The van der Waals surface area contributed by atoms with E-state index in [1.807, 2.05) is 17.0 Å². The third-order valence-corrected chi connectivity index (χ3v) is 7.17. The molecule has 1 aliphatic carbocycles. The average molecular weight is 472 g/mol. The number of aromatic amines is 1. The van der Waals surface area contributed by atoms with E-state index in [1.54, 1.807) is 6.07 Å². The van der Waals surface area contributed by atoms with Crippen molar-refractivity contribution in [3.05, 3.63) is 39.5 Å². The van der Waals surface area contributed by atoms with Gasteiger partial charge in [0.1, 0.15) is 11.9 Å². The molecule has 0 bridgehead atoms. The fourth-order valence-electron chi connectivity index (χ4n) is 4.33. The zero-order valence-corrected chi connectivity index (χ0v) is 19.7. The van der Waals surface area contributed by atoms with Gasteiger partial charge in [-0.05, 0) is 50.2 Å². The molecule has 0 radical (unpaired) electrons. The number of carbonyl (C=O) groups excluding carboxylic acids is 1. The molecule has 32 heavy (non-hydrogen) atoms. The third-order valence-electron chi connectivity index (χ3n) is 6.02. The number of nitrogens with zero attached hydrogens (tertiary/aromatic N) is 4. The fourth-order valence-corrected chi connectivity index (χ4v) is 5.28. The van der Waals surface area contributed by atoms with Crippen LogP contribution in [0.4, 0.5) is 22.6 Å². The number of carbonyl (C=O) groups is 1. The van der Waals surface area contributed by atoms with Crippen LogP contribution in [0.15, 0.2) is 18.2 Å². The molecule has 3 aromatic rings. The van der Waals surface area contributed by atoms with E-state index in [1.165, 1.54) is 11.3 Å². The number of halogens is 1. The Labute approximate surface area is 195 Å². The first kappa shape index (κ1) is 21.2. The standard InChI is InChI=1S/C22H26ClN7OS/c1-12(2)15-11-18(29-28-15)25-20-13-5-3-6-14(13)24-22(27-20)30-10-4-7-16(30)21(31)26-19-9-8-17(23)32-19/h8-9,11-12,16H,3-7,10H2,1-2H3,(H,26,31)(H2,24,25,27,28,29)/t16-/m0/s1. The monoisotopic (exact) mass is 471 g/mol. The van der Waals surface area contributed by atoms with Crippen LogP contribution in [-0.2, 0) is 17.6 Å². The lowest BCUT2D eigenvalue weighted by atomic mass is 10.1.